The van der Waals surface area contributed by atoms with Crippen molar-refractivity contribution in [3.8, 4) is 5.75 Å². The Kier molecular flexibility index (Phi) is 4.43. The molecule has 0 fully saturated rings. The Morgan fingerprint density at radius 1 is 1.44 bits per heavy atom. The number of nitrogens with one attached hydrogen (secondary N) is 1. The first kappa shape index (κ1) is 12.6. The van der Waals surface area contributed by atoms with E-state index in [1.165, 1.54) is 5.56 Å². The summed E-state index contributed by atoms with van der Waals surface area (Å²) in [5.41, 5.74) is 5.34. The number of aromatic hydroxyl groups is 1. The number of phenols is 1. The molecule has 2 N–H and O–H groups in total. The van der Waals surface area contributed by atoms with Gasteiger partial charge < -0.3 is 5.11 Å². The zero-order valence-electron chi connectivity index (χ0n) is 9.74. The van der Waals surface area contributed by atoms with E-state index in [4.69, 9.17) is 12.2 Å². The lowest BCUT2D eigenvalue weighted by molar-refractivity contribution is 0.474. The van der Waals surface area contributed by atoms with Crippen LogP contribution in [0.25, 0.3) is 0 Å². The van der Waals surface area contributed by atoms with Crippen LogP contribution in [0.4, 0.5) is 0 Å². The number of hydrogen-bond acceptors (Lipinski definition) is 3. The molecule has 0 amide bonds. The summed E-state index contributed by atoms with van der Waals surface area (Å²) in [6.45, 7) is 5.66. The number of hydrazone groups is 1. The summed E-state index contributed by atoms with van der Waals surface area (Å²) in [4.78, 5) is 0.602. The minimum absolute atomic E-state index is 0.238. The molecule has 1 aromatic rings. The summed E-state index contributed by atoms with van der Waals surface area (Å²) < 4.78 is 0. The minimum atomic E-state index is 0.238. The maximum Gasteiger partial charge on any atom is 0.124 e. The van der Waals surface area contributed by atoms with Crippen molar-refractivity contribution in [3.63, 3.8) is 0 Å². The van der Waals surface area contributed by atoms with Gasteiger partial charge in [-0.15, -0.1) is 0 Å². The predicted molar refractivity (Wildman–Crippen MR) is 71.1 cm³/mol. The van der Waals surface area contributed by atoms with E-state index in [0.717, 1.165) is 17.7 Å². The molecule has 0 bridgehead atoms. The highest BCUT2D eigenvalue weighted by Gasteiger charge is 2.05. The summed E-state index contributed by atoms with van der Waals surface area (Å²) in [6.07, 6.45) is 0.931. The number of phenolic OH excluding ortho intramolecular Hbond substituents is 1. The Balaban J connectivity index is 3.01. The van der Waals surface area contributed by atoms with E-state index in [0.29, 0.717) is 4.99 Å². The van der Waals surface area contributed by atoms with Gasteiger partial charge in [-0.2, -0.15) is 5.10 Å². The molecule has 3 nitrogen and oxygen atoms in total. The molecular formula is C12H16N2OS. The predicted octanol–water partition coefficient (Wildman–Crippen LogP) is 2.62. The smallest absolute Gasteiger partial charge is 0.124 e. The van der Waals surface area contributed by atoms with Gasteiger partial charge in [-0.25, -0.2) is 0 Å². The molecule has 0 aliphatic carbocycles. The summed E-state index contributed by atoms with van der Waals surface area (Å²) in [5, 5.41) is 13.8. The van der Waals surface area contributed by atoms with Crippen molar-refractivity contribution in [3.05, 3.63) is 29.3 Å². The molecule has 0 aromatic heterocycles. The Morgan fingerprint density at radius 2 is 2.12 bits per heavy atom. The van der Waals surface area contributed by atoms with Crippen molar-refractivity contribution in [1.82, 2.24) is 5.43 Å². The van der Waals surface area contributed by atoms with Crippen LogP contribution in [0.2, 0.25) is 0 Å². The number of nitrogens with zero attached hydrogens (tertiary/aromatic N) is 1. The molecule has 0 aliphatic heterocycles. The molecule has 16 heavy (non-hydrogen) atoms. The van der Waals surface area contributed by atoms with Crippen molar-refractivity contribution in [2.24, 2.45) is 5.10 Å². The number of thiocarbonyl (C=S) groups is 1. The average Bonchev–Trinajstić information content (AvgIpc) is 2.26. The van der Waals surface area contributed by atoms with Crippen LogP contribution in [0, 0.1) is 0 Å². The molecule has 1 rings (SSSR count). The second-order valence-corrected chi connectivity index (χ2v) is 4.18. The van der Waals surface area contributed by atoms with E-state index >= 15 is 0 Å². The van der Waals surface area contributed by atoms with Crippen LogP contribution in [-0.4, -0.2) is 15.8 Å². The van der Waals surface area contributed by atoms with Gasteiger partial charge in [0.2, 0.25) is 0 Å². The third-order valence-corrected chi connectivity index (χ3v) is 2.33. The van der Waals surface area contributed by atoms with Crippen molar-refractivity contribution < 1.29 is 5.11 Å². The first-order chi connectivity index (χ1) is 7.54. The maximum atomic E-state index is 9.72. The SMILES string of the molecule is CCc1ccc(O)c(/C(C)=N/NC(C)=S)c1. The summed E-state index contributed by atoms with van der Waals surface area (Å²) in [6, 6.07) is 5.54. The highest BCUT2D eigenvalue weighted by atomic mass is 32.1. The molecule has 4 heteroatoms. The number of hydrogen-bond donors (Lipinski definition) is 2. The fourth-order valence-electron chi connectivity index (χ4n) is 1.32. The molecular weight excluding hydrogens is 220 g/mol. The fourth-order valence-corrected chi connectivity index (χ4v) is 1.36. The monoisotopic (exact) mass is 236 g/mol. The Morgan fingerprint density at radius 3 is 2.69 bits per heavy atom. The minimum Gasteiger partial charge on any atom is -0.507 e. The highest BCUT2D eigenvalue weighted by molar-refractivity contribution is 7.80. The molecule has 0 atom stereocenters. The molecule has 1 aromatic carbocycles. The summed E-state index contributed by atoms with van der Waals surface area (Å²) in [7, 11) is 0. The molecule has 0 spiro atoms. The zero-order chi connectivity index (χ0) is 12.1. The van der Waals surface area contributed by atoms with Crippen LogP contribution in [0.3, 0.4) is 0 Å². The van der Waals surface area contributed by atoms with Gasteiger partial charge in [0.15, 0.2) is 0 Å². The van der Waals surface area contributed by atoms with E-state index in [9.17, 15) is 5.11 Å². The van der Waals surface area contributed by atoms with Crippen molar-refractivity contribution in [1.29, 1.82) is 0 Å². The van der Waals surface area contributed by atoms with E-state index in [2.05, 4.69) is 17.5 Å². The number of rotatable bonds is 3. The summed E-state index contributed by atoms with van der Waals surface area (Å²) >= 11 is 4.86. The van der Waals surface area contributed by atoms with Crippen LogP contribution in [-0.2, 0) is 6.42 Å². The standard InChI is InChI=1S/C12H16N2OS/c1-4-10-5-6-12(15)11(7-10)8(2)13-14-9(3)16/h5-7,15H,4H2,1-3H3,(H,14,16)/b13-8+. The Hall–Kier alpha value is -1.42. The lowest BCUT2D eigenvalue weighted by Gasteiger charge is -2.06. The van der Waals surface area contributed by atoms with Crippen LogP contribution < -0.4 is 5.43 Å². The lowest BCUT2D eigenvalue weighted by Crippen LogP contribution is -2.13. The van der Waals surface area contributed by atoms with Gasteiger partial charge in [-0.1, -0.05) is 25.2 Å². The van der Waals surface area contributed by atoms with Gasteiger partial charge in [0.25, 0.3) is 0 Å². The van der Waals surface area contributed by atoms with Gasteiger partial charge in [0, 0.05) is 5.56 Å². The topological polar surface area (TPSA) is 44.6 Å². The quantitative estimate of drug-likeness (QED) is 0.482. The van der Waals surface area contributed by atoms with Gasteiger partial charge in [-0.3, -0.25) is 5.43 Å². The Labute approximate surface area is 101 Å². The zero-order valence-corrected chi connectivity index (χ0v) is 10.6. The van der Waals surface area contributed by atoms with Gasteiger partial charge in [0.05, 0.1) is 10.7 Å². The Bertz CT molecular complexity index is 427. The average molecular weight is 236 g/mol. The van der Waals surface area contributed by atoms with E-state index in [1.807, 2.05) is 19.1 Å². The second kappa shape index (κ2) is 5.61. The van der Waals surface area contributed by atoms with Crippen LogP contribution in [0.1, 0.15) is 31.9 Å². The molecule has 86 valence electrons. The van der Waals surface area contributed by atoms with E-state index < -0.39 is 0 Å². The summed E-state index contributed by atoms with van der Waals surface area (Å²) in [5.74, 6) is 0.238. The van der Waals surface area contributed by atoms with Crippen molar-refractivity contribution in [2.75, 3.05) is 0 Å². The molecule has 0 unspecified atom stereocenters. The molecule has 0 radical (unpaired) electrons. The van der Waals surface area contributed by atoms with Gasteiger partial charge >= 0.3 is 0 Å². The highest BCUT2D eigenvalue weighted by Crippen LogP contribution is 2.19. The first-order valence-electron chi connectivity index (χ1n) is 5.17. The van der Waals surface area contributed by atoms with Gasteiger partial charge in [-0.05, 0) is 38.0 Å². The number of aryl methyl sites for hydroxylation is 1. The van der Waals surface area contributed by atoms with Crippen LogP contribution >= 0.6 is 12.2 Å². The lowest BCUT2D eigenvalue weighted by atomic mass is 10.0. The number of benzene rings is 1. The third-order valence-electron chi connectivity index (χ3n) is 2.24. The normalized spacial score (nSPS) is 11.3. The molecule has 0 heterocycles. The molecule has 0 aliphatic rings. The van der Waals surface area contributed by atoms with E-state index in [1.54, 1.807) is 13.0 Å². The third kappa shape index (κ3) is 3.31. The van der Waals surface area contributed by atoms with Gasteiger partial charge in [0.1, 0.15) is 5.75 Å². The van der Waals surface area contributed by atoms with Crippen LogP contribution in [0.5, 0.6) is 5.75 Å². The molecule has 0 saturated carbocycles. The first-order valence-corrected chi connectivity index (χ1v) is 5.58. The fraction of sp³-hybridized carbons (Fsp3) is 0.333. The van der Waals surface area contributed by atoms with Crippen molar-refractivity contribution in [2.45, 2.75) is 27.2 Å². The van der Waals surface area contributed by atoms with Crippen molar-refractivity contribution >= 4 is 22.9 Å². The second-order valence-electron chi connectivity index (χ2n) is 3.57. The molecule has 0 saturated heterocycles. The van der Waals surface area contributed by atoms with E-state index in [-0.39, 0.29) is 5.75 Å². The maximum absolute atomic E-state index is 9.72. The van der Waals surface area contributed by atoms with Crippen LogP contribution in [0.15, 0.2) is 23.3 Å². The largest absolute Gasteiger partial charge is 0.507 e.